The molecule has 1 fully saturated rings. The van der Waals surface area contributed by atoms with Crippen LogP contribution in [-0.2, 0) is 12.6 Å². The summed E-state index contributed by atoms with van der Waals surface area (Å²) in [5.74, 6) is -0.437. The van der Waals surface area contributed by atoms with Gasteiger partial charge in [-0.15, -0.1) is 0 Å². The number of anilines is 4. The molecule has 1 saturated carbocycles. The van der Waals surface area contributed by atoms with Gasteiger partial charge in [-0.1, -0.05) is 6.92 Å². The molecular formula is C21H27F3N6O2. The number of nitrogens with zero attached hydrogens (tertiary/aromatic N) is 2. The van der Waals surface area contributed by atoms with E-state index in [0.717, 1.165) is 18.9 Å². The first-order valence-electron chi connectivity index (χ1n) is 10.4. The third-order valence-corrected chi connectivity index (χ3v) is 5.43. The Bertz CT molecular complexity index is 975. The Morgan fingerprint density at radius 2 is 1.88 bits per heavy atom. The Hall–Kier alpha value is -3.08. The van der Waals surface area contributed by atoms with Crippen molar-refractivity contribution in [2.45, 2.75) is 57.3 Å². The Morgan fingerprint density at radius 1 is 1.19 bits per heavy atom. The fourth-order valence-electron chi connectivity index (χ4n) is 3.72. The maximum absolute atomic E-state index is 13.4. The number of hydrogen-bond donors (Lipinski definition) is 5. The minimum absolute atomic E-state index is 0.0293. The molecule has 8 nitrogen and oxygen atoms in total. The van der Waals surface area contributed by atoms with Crippen LogP contribution in [0.3, 0.4) is 0 Å². The summed E-state index contributed by atoms with van der Waals surface area (Å²) in [5, 5.41) is 18.3. The highest BCUT2D eigenvalue weighted by atomic mass is 19.4. The Kier molecular flexibility index (Phi) is 7.07. The van der Waals surface area contributed by atoms with Crippen LogP contribution in [0.2, 0.25) is 0 Å². The molecular weight excluding hydrogens is 425 g/mol. The van der Waals surface area contributed by atoms with Gasteiger partial charge in [-0.05, 0) is 50.3 Å². The molecule has 1 heterocycles. The number of aromatic nitrogens is 2. The second-order valence-corrected chi connectivity index (χ2v) is 7.72. The van der Waals surface area contributed by atoms with Crippen LogP contribution in [-0.4, -0.2) is 40.2 Å². The van der Waals surface area contributed by atoms with Crippen molar-refractivity contribution < 1.29 is 23.1 Å². The van der Waals surface area contributed by atoms with Gasteiger partial charge in [0.15, 0.2) is 11.5 Å². The number of primary amides is 1. The number of nitrogens with two attached hydrogens (primary N) is 1. The highest BCUT2D eigenvalue weighted by molar-refractivity contribution is 5.96. The van der Waals surface area contributed by atoms with Crippen LogP contribution in [0, 0.1) is 0 Å². The average molecular weight is 452 g/mol. The van der Waals surface area contributed by atoms with Crippen molar-refractivity contribution in [1.29, 1.82) is 0 Å². The second-order valence-electron chi connectivity index (χ2n) is 7.72. The summed E-state index contributed by atoms with van der Waals surface area (Å²) in [6.07, 6.45) is -1.61. The Morgan fingerprint density at radius 3 is 2.44 bits per heavy atom. The third-order valence-electron chi connectivity index (χ3n) is 5.43. The predicted octanol–water partition coefficient (Wildman–Crippen LogP) is 3.66. The van der Waals surface area contributed by atoms with Gasteiger partial charge in [0.1, 0.15) is 5.82 Å². The van der Waals surface area contributed by atoms with E-state index in [9.17, 15) is 23.1 Å². The monoisotopic (exact) mass is 452 g/mol. The zero-order valence-electron chi connectivity index (χ0n) is 17.9. The molecule has 1 aliphatic rings. The Balaban J connectivity index is 1.97. The third kappa shape index (κ3) is 5.39. The number of benzene rings is 1. The van der Waals surface area contributed by atoms with Crippen molar-refractivity contribution in [1.82, 2.24) is 9.97 Å². The number of carbonyl (C=O) groups is 1. The van der Waals surface area contributed by atoms with E-state index in [4.69, 9.17) is 5.73 Å². The van der Waals surface area contributed by atoms with E-state index in [1.54, 1.807) is 0 Å². The molecule has 174 valence electrons. The number of rotatable bonds is 7. The molecule has 1 aromatic carbocycles. The molecule has 1 aliphatic carbocycles. The zero-order valence-corrected chi connectivity index (χ0v) is 17.9. The van der Waals surface area contributed by atoms with E-state index >= 15 is 0 Å². The number of alkyl halides is 3. The van der Waals surface area contributed by atoms with Crippen molar-refractivity contribution in [3.8, 4) is 0 Å². The van der Waals surface area contributed by atoms with E-state index in [1.807, 2.05) is 6.92 Å². The summed E-state index contributed by atoms with van der Waals surface area (Å²) in [5.41, 5.74) is 4.99. The smallest absolute Gasteiger partial charge is 0.393 e. The first-order valence-corrected chi connectivity index (χ1v) is 10.4. The molecule has 1 aromatic heterocycles. The van der Waals surface area contributed by atoms with Gasteiger partial charge in [0, 0.05) is 24.5 Å². The summed E-state index contributed by atoms with van der Waals surface area (Å²) in [7, 11) is 1.40. The van der Waals surface area contributed by atoms with Crippen LogP contribution in [0.25, 0.3) is 0 Å². The van der Waals surface area contributed by atoms with Gasteiger partial charge in [-0.2, -0.15) is 13.2 Å². The summed E-state index contributed by atoms with van der Waals surface area (Å²) in [6, 6.07) is 3.73. The lowest BCUT2D eigenvalue weighted by atomic mass is 9.93. The van der Waals surface area contributed by atoms with Crippen LogP contribution < -0.4 is 21.7 Å². The number of aryl methyl sites for hydroxylation is 1. The minimum Gasteiger partial charge on any atom is -0.393 e. The van der Waals surface area contributed by atoms with Crippen LogP contribution in [0.4, 0.5) is 36.2 Å². The molecule has 2 aromatic rings. The second kappa shape index (κ2) is 9.60. The van der Waals surface area contributed by atoms with Crippen LogP contribution >= 0.6 is 0 Å². The number of aliphatic hydroxyl groups is 1. The SMILES string of the molecule is CCc1nc(C(N)=O)c(Nc2ccc(NC)c(C(F)(F)F)c2)nc1NC1CCC(O)CC1. The number of carbonyl (C=O) groups excluding carboxylic acids is 1. The van der Waals surface area contributed by atoms with Crippen LogP contribution in [0.15, 0.2) is 18.2 Å². The number of hydrogen-bond acceptors (Lipinski definition) is 7. The van der Waals surface area contributed by atoms with E-state index in [2.05, 4.69) is 25.9 Å². The average Bonchev–Trinajstić information content (AvgIpc) is 2.74. The molecule has 0 unspecified atom stereocenters. The molecule has 32 heavy (non-hydrogen) atoms. The lowest BCUT2D eigenvalue weighted by Crippen LogP contribution is -2.29. The van der Waals surface area contributed by atoms with Crippen LogP contribution in [0.1, 0.15) is 54.4 Å². The fourth-order valence-corrected chi connectivity index (χ4v) is 3.72. The van der Waals surface area contributed by atoms with E-state index < -0.39 is 17.6 Å². The van der Waals surface area contributed by atoms with Crippen molar-refractivity contribution in [3.05, 3.63) is 35.2 Å². The van der Waals surface area contributed by atoms with E-state index in [0.29, 0.717) is 30.8 Å². The predicted molar refractivity (Wildman–Crippen MR) is 116 cm³/mol. The number of amides is 1. The highest BCUT2D eigenvalue weighted by Gasteiger charge is 2.34. The van der Waals surface area contributed by atoms with Crippen molar-refractivity contribution in [2.24, 2.45) is 5.73 Å². The van der Waals surface area contributed by atoms with Crippen molar-refractivity contribution >= 4 is 28.9 Å². The van der Waals surface area contributed by atoms with Gasteiger partial charge in [-0.3, -0.25) is 4.79 Å². The molecule has 3 rings (SSSR count). The summed E-state index contributed by atoms with van der Waals surface area (Å²) in [6.45, 7) is 1.85. The molecule has 11 heteroatoms. The molecule has 0 spiro atoms. The largest absolute Gasteiger partial charge is 0.418 e. The molecule has 0 bridgehead atoms. The van der Waals surface area contributed by atoms with E-state index in [-0.39, 0.29) is 35.0 Å². The van der Waals surface area contributed by atoms with Crippen molar-refractivity contribution in [3.63, 3.8) is 0 Å². The summed E-state index contributed by atoms with van der Waals surface area (Å²) < 4.78 is 40.2. The van der Waals surface area contributed by atoms with Crippen LogP contribution in [0.5, 0.6) is 0 Å². The topological polar surface area (TPSA) is 125 Å². The van der Waals surface area contributed by atoms with Gasteiger partial charge < -0.3 is 26.8 Å². The van der Waals surface area contributed by atoms with Gasteiger partial charge in [0.2, 0.25) is 0 Å². The molecule has 0 atom stereocenters. The normalized spacial score (nSPS) is 18.8. The van der Waals surface area contributed by atoms with Gasteiger partial charge in [-0.25, -0.2) is 9.97 Å². The number of aliphatic hydroxyl groups excluding tert-OH is 1. The quantitative estimate of drug-likeness (QED) is 0.434. The maximum Gasteiger partial charge on any atom is 0.418 e. The maximum atomic E-state index is 13.4. The van der Waals surface area contributed by atoms with Gasteiger partial charge in [0.05, 0.1) is 17.4 Å². The number of nitrogens with one attached hydrogen (secondary N) is 3. The molecule has 0 aliphatic heterocycles. The first-order chi connectivity index (χ1) is 15.1. The van der Waals surface area contributed by atoms with E-state index in [1.165, 1.54) is 19.2 Å². The zero-order chi connectivity index (χ0) is 23.5. The lowest BCUT2D eigenvalue weighted by Gasteiger charge is -2.27. The first kappa shape index (κ1) is 23.6. The van der Waals surface area contributed by atoms with Crippen molar-refractivity contribution in [2.75, 3.05) is 23.0 Å². The molecule has 1 amide bonds. The number of halogens is 3. The van der Waals surface area contributed by atoms with Gasteiger partial charge >= 0.3 is 6.18 Å². The lowest BCUT2D eigenvalue weighted by molar-refractivity contribution is -0.136. The highest BCUT2D eigenvalue weighted by Crippen LogP contribution is 2.37. The Labute approximate surface area is 183 Å². The minimum atomic E-state index is -4.57. The molecule has 0 radical (unpaired) electrons. The molecule has 0 saturated heterocycles. The summed E-state index contributed by atoms with van der Waals surface area (Å²) in [4.78, 5) is 20.8. The standard InChI is InChI=1S/C21H27F3N6O2/c1-3-15-19(27-11-4-7-13(31)8-5-11)30-20(17(29-15)18(25)32)28-12-6-9-16(26-2)14(10-12)21(22,23)24/h6,9-11,13,26,31H,3-5,7-8H2,1-2H3,(H2,25,32)(H2,27,28,30). The summed E-state index contributed by atoms with van der Waals surface area (Å²) >= 11 is 0. The molecule has 6 N–H and O–H groups in total. The fraction of sp³-hybridized carbons (Fsp3) is 0.476. The van der Waals surface area contributed by atoms with Gasteiger partial charge in [0.25, 0.3) is 5.91 Å².